The summed E-state index contributed by atoms with van der Waals surface area (Å²) in [5.74, 6) is 0.964. The zero-order valence-electron chi connectivity index (χ0n) is 19.5. The molecule has 2 aliphatic rings. The summed E-state index contributed by atoms with van der Waals surface area (Å²) in [5, 5.41) is 3.10. The van der Waals surface area contributed by atoms with E-state index in [0.29, 0.717) is 31.0 Å². The van der Waals surface area contributed by atoms with Gasteiger partial charge >= 0.3 is 0 Å². The van der Waals surface area contributed by atoms with E-state index in [9.17, 15) is 9.59 Å². The molecule has 2 amide bonds. The Kier molecular flexibility index (Phi) is 7.37. The zero-order valence-corrected chi connectivity index (χ0v) is 19.5. The van der Waals surface area contributed by atoms with Gasteiger partial charge in [0.1, 0.15) is 0 Å². The van der Waals surface area contributed by atoms with E-state index in [-0.39, 0.29) is 24.2 Å². The van der Waals surface area contributed by atoms with Crippen LogP contribution in [0.2, 0.25) is 0 Å². The lowest BCUT2D eigenvalue weighted by Crippen LogP contribution is -2.32. The fraction of sp³-hybridized carbons (Fsp3) is 0.462. The molecular formula is C26H33N3O4. The maximum Gasteiger partial charge on any atom is 0.229 e. The molecule has 7 nitrogen and oxygen atoms in total. The van der Waals surface area contributed by atoms with Crippen molar-refractivity contribution in [1.82, 2.24) is 4.90 Å². The minimum Gasteiger partial charge on any atom is -0.493 e. The summed E-state index contributed by atoms with van der Waals surface area (Å²) in [7, 11) is 3.22. The van der Waals surface area contributed by atoms with Gasteiger partial charge in [-0.25, -0.2) is 0 Å². The summed E-state index contributed by atoms with van der Waals surface area (Å²) in [6, 6.07) is 13.7. The summed E-state index contributed by atoms with van der Waals surface area (Å²) < 4.78 is 10.7. The van der Waals surface area contributed by atoms with Gasteiger partial charge in [0.05, 0.1) is 31.5 Å². The molecule has 0 aromatic heterocycles. The number of carbonyl (C=O) groups is 2. The first-order chi connectivity index (χ1) is 16.1. The molecule has 0 aliphatic carbocycles. The second-order valence-corrected chi connectivity index (χ2v) is 8.73. The molecule has 2 aromatic carbocycles. The van der Waals surface area contributed by atoms with E-state index < -0.39 is 0 Å². The van der Waals surface area contributed by atoms with E-state index >= 15 is 0 Å². The fourth-order valence-corrected chi connectivity index (χ4v) is 4.69. The number of carbonyl (C=O) groups excluding carboxylic acids is 2. The molecule has 0 spiro atoms. The molecule has 176 valence electrons. The van der Waals surface area contributed by atoms with Crippen LogP contribution in [0.4, 0.5) is 11.4 Å². The first-order valence-corrected chi connectivity index (χ1v) is 11.7. The van der Waals surface area contributed by atoms with Crippen molar-refractivity contribution in [2.75, 3.05) is 50.6 Å². The van der Waals surface area contributed by atoms with Gasteiger partial charge in [-0.3, -0.25) is 9.59 Å². The number of hydrogen-bond acceptors (Lipinski definition) is 5. The molecule has 4 rings (SSSR count). The number of methoxy groups -OCH3 is 2. The minimum absolute atomic E-state index is 0.0277. The number of para-hydroxylation sites is 2. The van der Waals surface area contributed by atoms with Gasteiger partial charge in [-0.15, -0.1) is 0 Å². The Labute approximate surface area is 195 Å². The van der Waals surface area contributed by atoms with E-state index in [1.165, 1.54) is 19.3 Å². The smallest absolute Gasteiger partial charge is 0.229 e. The molecule has 0 radical (unpaired) electrons. The summed E-state index contributed by atoms with van der Waals surface area (Å²) in [4.78, 5) is 29.8. The van der Waals surface area contributed by atoms with Crippen molar-refractivity contribution in [1.29, 1.82) is 0 Å². The van der Waals surface area contributed by atoms with Gasteiger partial charge in [0, 0.05) is 32.6 Å². The number of likely N-dealkylation sites (tertiary alicyclic amines) is 1. The Balaban J connectivity index is 1.35. The summed E-state index contributed by atoms with van der Waals surface area (Å²) >= 11 is 0. The van der Waals surface area contributed by atoms with Crippen LogP contribution >= 0.6 is 0 Å². The standard InChI is InChI=1S/C26H33N3O4/c1-32-23-11-10-19(16-24(23)33-2)12-15-29-18-20(17-25(29)30)26(31)27-21-8-4-5-9-22(21)28-13-6-3-7-14-28/h4-5,8-11,16,20H,3,6-7,12-15,17-18H2,1-2H3,(H,27,31). The number of benzene rings is 2. The second kappa shape index (κ2) is 10.6. The molecule has 1 unspecified atom stereocenters. The lowest BCUT2D eigenvalue weighted by atomic mass is 10.1. The first kappa shape index (κ1) is 23.0. The maximum absolute atomic E-state index is 13.0. The third-order valence-corrected chi connectivity index (χ3v) is 6.56. The predicted molar refractivity (Wildman–Crippen MR) is 129 cm³/mol. The Hall–Kier alpha value is -3.22. The molecule has 7 heteroatoms. The lowest BCUT2D eigenvalue weighted by Gasteiger charge is -2.30. The van der Waals surface area contributed by atoms with E-state index in [2.05, 4.69) is 16.3 Å². The number of rotatable bonds is 8. The Morgan fingerprint density at radius 1 is 1.03 bits per heavy atom. The van der Waals surface area contributed by atoms with Crippen LogP contribution in [0, 0.1) is 5.92 Å². The third-order valence-electron chi connectivity index (χ3n) is 6.56. The van der Waals surface area contributed by atoms with Gasteiger partial charge in [-0.2, -0.15) is 0 Å². The molecule has 2 aromatic rings. The minimum atomic E-state index is -0.336. The summed E-state index contributed by atoms with van der Waals surface area (Å²) in [6.07, 6.45) is 4.55. The highest BCUT2D eigenvalue weighted by atomic mass is 16.5. The zero-order chi connectivity index (χ0) is 23.2. The van der Waals surface area contributed by atoms with Gasteiger partial charge in [-0.05, 0) is 55.5 Å². The van der Waals surface area contributed by atoms with E-state index in [1.54, 1.807) is 19.1 Å². The highest BCUT2D eigenvalue weighted by Crippen LogP contribution is 2.30. The molecule has 2 aliphatic heterocycles. The van der Waals surface area contributed by atoms with Crippen molar-refractivity contribution in [3.05, 3.63) is 48.0 Å². The summed E-state index contributed by atoms with van der Waals surface area (Å²) in [5.41, 5.74) is 2.96. The van der Waals surface area contributed by atoms with E-state index in [1.807, 2.05) is 36.4 Å². The molecule has 0 saturated carbocycles. The van der Waals surface area contributed by atoms with Crippen molar-refractivity contribution in [3.63, 3.8) is 0 Å². The van der Waals surface area contributed by atoms with Gasteiger partial charge in [0.15, 0.2) is 11.5 Å². The number of piperidine rings is 1. The van der Waals surface area contributed by atoms with Crippen LogP contribution in [0.25, 0.3) is 0 Å². The fourth-order valence-electron chi connectivity index (χ4n) is 4.69. The molecule has 2 heterocycles. The van der Waals surface area contributed by atoms with Crippen molar-refractivity contribution in [2.45, 2.75) is 32.1 Å². The molecule has 0 bridgehead atoms. The monoisotopic (exact) mass is 451 g/mol. The topological polar surface area (TPSA) is 71.1 Å². The maximum atomic E-state index is 13.0. The second-order valence-electron chi connectivity index (χ2n) is 8.73. The lowest BCUT2D eigenvalue weighted by molar-refractivity contribution is -0.128. The van der Waals surface area contributed by atoms with Crippen LogP contribution in [0.5, 0.6) is 11.5 Å². The van der Waals surface area contributed by atoms with Crippen molar-refractivity contribution in [3.8, 4) is 11.5 Å². The normalized spacial score (nSPS) is 18.4. The molecule has 2 fully saturated rings. The third kappa shape index (κ3) is 5.41. The van der Waals surface area contributed by atoms with Crippen LogP contribution in [0.3, 0.4) is 0 Å². The molecule has 33 heavy (non-hydrogen) atoms. The van der Waals surface area contributed by atoms with Gasteiger partial charge in [0.2, 0.25) is 11.8 Å². The van der Waals surface area contributed by atoms with Crippen molar-refractivity contribution in [2.24, 2.45) is 5.92 Å². The number of anilines is 2. The van der Waals surface area contributed by atoms with Gasteiger partial charge in [-0.1, -0.05) is 18.2 Å². The van der Waals surface area contributed by atoms with E-state index in [0.717, 1.165) is 30.0 Å². The first-order valence-electron chi connectivity index (χ1n) is 11.7. The molecule has 1 atom stereocenters. The predicted octanol–water partition coefficient (Wildman–Crippen LogP) is 3.72. The number of hydrogen-bond donors (Lipinski definition) is 1. The average molecular weight is 452 g/mol. The van der Waals surface area contributed by atoms with Crippen LogP contribution < -0.4 is 19.7 Å². The quantitative estimate of drug-likeness (QED) is 0.662. The molecule has 2 saturated heterocycles. The number of nitrogens with one attached hydrogen (secondary N) is 1. The number of amides is 2. The largest absolute Gasteiger partial charge is 0.493 e. The summed E-state index contributed by atoms with van der Waals surface area (Å²) in [6.45, 7) is 3.05. The van der Waals surface area contributed by atoms with E-state index in [4.69, 9.17) is 9.47 Å². The van der Waals surface area contributed by atoms with Crippen LogP contribution in [-0.4, -0.2) is 57.1 Å². The SMILES string of the molecule is COc1ccc(CCN2CC(C(=O)Nc3ccccc3N3CCCCC3)CC2=O)cc1OC. The molecule has 1 N–H and O–H groups in total. The van der Waals surface area contributed by atoms with Crippen LogP contribution in [0.1, 0.15) is 31.2 Å². The van der Waals surface area contributed by atoms with Crippen LogP contribution in [0.15, 0.2) is 42.5 Å². The van der Waals surface area contributed by atoms with Crippen LogP contribution in [-0.2, 0) is 16.0 Å². The Morgan fingerprint density at radius 2 is 1.79 bits per heavy atom. The van der Waals surface area contributed by atoms with Gasteiger partial charge < -0.3 is 24.6 Å². The Morgan fingerprint density at radius 3 is 2.55 bits per heavy atom. The van der Waals surface area contributed by atoms with Crippen molar-refractivity contribution >= 4 is 23.2 Å². The van der Waals surface area contributed by atoms with Gasteiger partial charge in [0.25, 0.3) is 0 Å². The van der Waals surface area contributed by atoms with Crippen molar-refractivity contribution < 1.29 is 19.1 Å². The highest BCUT2D eigenvalue weighted by molar-refractivity contribution is 5.99. The number of ether oxygens (including phenoxy) is 2. The Bertz CT molecular complexity index is 987. The average Bonchev–Trinajstić information content (AvgIpc) is 3.24. The number of nitrogens with zero attached hydrogens (tertiary/aromatic N) is 2. The highest BCUT2D eigenvalue weighted by Gasteiger charge is 2.34. The molecular weight excluding hydrogens is 418 g/mol.